The van der Waals surface area contributed by atoms with Crippen LogP contribution in [-0.2, 0) is 0 Å². The number of carbonyl (C=O) groups excluding carboxylic acids is 2. The van der Waals surface area contributed by atoms with Gasteiger partial charge in [-0.2, -0.15) is 0 Å². The van der Waals surface area contributed by atoms with Gasteiger partial charge in [-0.3, -0.25) is 29.3 Å². The van der Waals surface area contributed by atoms with Crippen molar-refractivity contribution in [2.75, 3.05) is 18.8 Å². The Labute approximate surface area is 136 Å². The Kier molecular flexibility index (Phi) is 2.99. The van der Waals surface area contributed by atoms with Gasteiger partial charge in [0.15, 0.2) is 0 Å². The molecule has 120 valence electrons. The van der Waals surface area contributed by atoms with E-state index < -0.39 is 17.4 Å². The third-order valence-corrected chi connectivity index (χ3v) is 4.03. The number of fused-ring (bicyclic) bond motifs is 1. The largest absolute Gasteiger partial charge is 0.384 e. The smallest absolute Gasteiger partial charge is 0.262 e. The van der Waals surface area contributed by atoms with Gasteiger partial charge in [0.1, 0.15) is 11.7 Å². The van der Waals surface area contributed by atoms with Crippen LogP contribution in [0.2, 0.25) is 0 Å². The van der Waals surface area contributed by atoms with Gasteiger partial charge in [-0.25, -0.2) is 0 Å². The molecule has 0 atom stereocenters. The summed E-state index contributed by atoms with van der Waals surface area (Å²) in [6.07, 6.45) is 0. The van der Waals surface area contributed by atoms with Crippen LogP contribution in [-0.4, -0.2) is 35.3 Å². The number of aliphatic imine (C=N–C) groups is 1. The van der Waals surface area contributed by atoms with Gasteiger partial charge in [-0.05, 0) is 12.1 Å². The molecule has 0 fully saturated rings. The number of nitrogens with two attached hydrogens (primary N) is 1. The predicted octanol–water partition coefficient (Wildman–Crippen LogP) is -0.347. The first-order valence-corrected chi connectivity index (χ1v) is 7.37. The lowest BCUT2D eigenvalue weighted by Crippen LogP contribution is -2.27. The van der Waals surface area contributed by atoms with Crippen LogP contribution < -0.4 is 21.9 Å². The van der Waals surface area contributed by atoms with E-state index in [2.05, 4.69) is 15.6 Å². The maximum Gasteiger partial charge on any atom is 0.262 e. The Bertz CT molecular complexity index is 990. The van der Waals surface area contributed by atoms with Crippen LogP contribution in [0.4, 0.5) is 5.82 Å². The summed E-state index contributed by atoms with van der Waals surface area (Å²) >= 11 is 0. The second-order valence-corrected chi connectivity index (χ2v) is 5.45. The Balaban J connectivity index is 2.00. The van der Waals surface area contributed by atoms with E-state index >= 15 is 0 Å². The maximum absolute atomic E-state index is 12.6. The third-order valence-electron chi connectivity index (χ3n) is 4.03. The summed E-state index contributed by atoms with van der Waals surface area (Å²) in [5.41, 5.74) is 6.83. The van der Waals surface area contributed by atoms with Crippen molar-refractivity contribution < 1.29 is 9.59 Å². The standard InChI is InChI=1S/C16H13N5O3/c17-13-12-9(15(23)20-16(12)24)7-11(22)21(13)10-4-2-1-3-8(10)14-18-5-6-19-14/h1-4,7H,5-6,17H2,(H,18,19)(H,20,23,24). The molecule has 4 N–H and O–H groups in total. The van der Waals surface area contributed by atoms with E-state index in [9.17, 15) is 14.4 Å². The third kappa shape index (κ3) is 1.93. The van der Waals surface area contributed by atoms with Crippen molar-refractivity contribution in [1.82, 2.24) is 15.2 Å². The van der Waals surface area contributed by atoms with E-state index in [1.165, 1.54) is 4.57 Å². The van der Waals surface area contributed by atoms with Crippen molar-refractivity contribution in [3.63, 3.8) is 0 Å². The minimum atomic E-state index is -0.610. The monoisotopic (exact) mass is 323 g/mol. The van der Waals surface area contributed by atoms with Gasteiger partial charge in [-0.1, -0.05) is 12.1 Å². The summed E-state index contributed by atoms with van der Waals surface area (Å²) in [5, 5.41) is 5.30. The molecule has 2 aromatic rings. The van der Waals surface area contributed by atoms with Crippen LogP contribution in [0.5, 0.6) is 0 Å². The van der Waals surface area contributed by atoms with Crippen molar-refractivity contribution in [1.29, 1.82) is 0 Å². The Morgan fingerprint density at radius 3 is 2.62 bits per heavy atom. The summed E-state index contributed by atoms with van der Waals surface area (Å²) in [7, 11) is 0. The number of amidine groups is 1. The molecule has 2 aliphatic rings. The van der Waals surface area contributed by atoms with Gasteiger partial charge in [0, 0.05) is 18.2 Å². The van der Waals surface area contributed by atoms with Crippen molar-refractivity contribution in [2.24, 2.45) is 4.99 Å². The summed E-state index contributed by atoms with van der Waals surface area (Å²) in [5.74, 6) is -0.610. The van der Waals surface area contributed by atoms with Crippen molar-refractivity contribution >= 4 is 23.5 Å². The van der Waals surface area contributed by atoms with Crippen LogP contribution in [0.3, 0.4) is 0 Å². The quantitative estimate of drug-likeness (QED) is 0.653. The van der Waals surface area contributed by atoms with Crippen LogP contribution >= 0.6 is 0 Å². The number of pyridine rings is 1. The summed E-state index contributed by atoms with van der Waals surface area (Å²) in [6, 6.07) is 8.25. The van der Waals surface area contributed by atoms with E-state index in [-0.39, 0.29) is 16.9 Å². The molecule has 0 saturated heterocycles. The fourth-order valence-electron chi connectivity index (χ4n) is 2.98. The average Bonchev–Trinajstić information content (AvgIpc) is 3.17. The number of nitrogen functional groups attached to an aromatic ring is 1. The highest BCUT2D eigenvalue weighted by atomic mass is 16.2. The van der Waals surface area contributed by atoms with Gasteiger partial charge in [-0.15, -0.1) is 0 Å². The highest BCUT2D eigenvalue weighted by Gasteiger charge is 2.32. The van der Waals surface area contributed by atoms with Gasteiger partial charge < -0.3 is 11.1 Å². The predicted molar refractivity (Wildman–Crippen MR) is 87.7 cm³/mol. The van der Waals surface area contributed by atoms with Crippen molar-refractivity contribution in [3.05, 3.63) is 57.4 Å². The van der Waals surface area contributed by atoms with E-state index in [1.54, 1.807) is 12.1 Å². The lowest BCUT2D eigenvalue weighted by Gasteiger charge is -2.15. The molecule has 0 aliphatic carbocycles. The number of carbonyl (C=O) groups is 2. The molecule has 8 heteroatoms. The van der Waals surface area contributed by atoms with E-state index in [4.69, 9.17) is 5.73 Å². The Hall–Kier alpha value is -3.42. The summed E-state index contributed by atoms with van der Waals surface area (Å²) < 4.78 is 1.23. The normalized spacial score (nSPS) is 15.8. The molecule has 0 unspecified atom stereocenters. The zero-order valence-electron chi connectivity index (χ0n) is 12.5. The van der Waals surface area contributed by atoms with Crippen molar-refractivity contribution in [3.8, 4) is 5.69 Å². The Morgan fingerprint density at radius 1 is 1.08 bits per heavy atom. The number of anilines is 1. The number of rotatable bonds is 2. The number of amides is 2. The number of imide groups is 1. The molecule has 0 spiro atoms. The minimum absolute atomic E-state index is 0.00700. The molecule has 4 rings (SSSR count). The summed E-state index contributed by atoms with van der Waals surface area (Å²) in [4.78, 5) is 40.6. The first-order valence-electron chi connectivity index (χ1n) is 7.37. The number of hydrogen-bond donors (Lipinski definition) is 3. The second kappa shape index (κ2) is 5.05. The number of para-hydroxylation sites is 1. The fraction of sp³-hybridized carbons (Fsp3) is 0.125. The molecular formula is C16H13N5O3. The van der Waals surface area contributed by atoms with Gasteiger partial charge in [0.2, 0.25) is 0 Å². The zero-order chi connectivity index (χ0) is 16.8. The highest BCUT2D eigenvalue weighted by molar-refractivity contribution is 6.23. The van der Waals surface area contributed by atoms with E-state index in [0.29, 0.717) is 23.6 Å². The minimum Gasteiger partial charge on any atom is -0.384 e. The van der Waals surface area contributed by atoms with Gasteiger partial charge >= 0.3 is 0 Å². The molecular weight excluding hydrogens is 310 g/mol. The number of benzene rings is 1. The topological polar surface area (TPSA) is 119 Å². The lowest BCUT2D eigenvalue weighted by molar-refractivity contribution is 0.0880. The van der Waals surface area contributed by atoms with Crippen LogP contribution in [0, 0.1) is 0 Å². The number of nitrogens with zero attached hydrogens (tertiary/aromatic N) is 2. The van der Waals surface area contributed by atoms with Crippen LogP contribution in [0.25, 0.3) is 5.69 Å². The molecule has 0 saturated carbocycles. The van der Waals surface area contributed by atoms with Crippen LogP contribution in [0.1, 0.15) is 26.3 Å². The van der Waals surface area contributed by atoms with Crippen molar-refractivity contribution in [2.45, 2.75) is 0 Å². The molecule has 2 aliphatic heterocycles. The molecule has 0 radical (unpaired) electrons. The molecule has 1 aromatic heterocycles. The molecule has 8 nitrogen and oxygen atoms in total. The van der Waals surface area contributed by atoms with Gasteiger partial charge in [0.05, 0.1) is 23.4 Å². The zero-order valence-corrected chi connectivity index (χ0v) is 12.5. The second-order valence-electron chi connectivity index (χ2n) is 5.45. The van der Waals surface area contributed by atoms with E-state index in [0.717, 1.165) is 12.6 Å². The molecule has 0 bridgehead atoms. The molecule has 24 heavy (non-hydrogen) atoms. The molecule has 3 heterocycles. The first kappa shape index (κ1) is 14.2. The fourth-order valence-corrected chi connectivity index (χ4v) is 2.98. The number of aromatic nitrogens is 1. The molecule has 1 aromatic carbocycles. The van der Waals surface area contributed by atoms with Crippen LogP contribution in [0.15, 0.2) is 40.1 Å². The highest BCUT2D eigenvalue weighted by Crippen LogP contribution is 2.24. The van der Waals surface area contributed by atoms with Gasteiger partial charge in [0.25, 0.3) is 17.4 Å². The lowest BCUT2D eigenvalue weighted by atomic mass is 10.1. The average molecular weight is 323 g/mol. The first-order chi connectivity index (χ1) is 11.6. The number of hydrogen-bond acceptors (Lipinski definition) is 6. The molecule has 2 amide bonds. The maximum atomic E-state index is 12.6. The Morgan fingerprint density at radius 2 is 1.88 bits per heavy atom. The SMILES string of the molecule is Nc1c2c(cc(=O)n1-c1ccccc1C1=NCCN1)C(=O)NC2=O. The number of nitrogens with one attached hydrogen (secondary N) is 2. The van der Waals surface area contributed by atoms with E-state index in [1.807, 2.05) is 12.1 Å². The summed E-state index contributed by atoms with van der Waals surface area (Å²) in [6.45, 7) is 1.37.